The number of nitrogens with two attached hydrogens (primary N) is 1. The molecule has 3 aromatic rings. The number of rotatable bonds is 3. The Morgan fingerprint density at radius 3 is 2.86 bits per heavy atom. The van der Waals surface area contributed by atoms with Gasteiger partial charge in [0.15, 0.2) is 0 Å². The number of benzene rings is 1. The van der Waals surface area contributed by atoms with E-state index in [9.17, 15) is 0 Å². The predicted octanol–water partition coefficient (Wildman–Crippen LogP) is 4.10. The molecule has 0 unspecified atom stereocenters. The molecule has 0 fully saturated rings. The van der Waals surface area contributed by atoms with Crippen molar-refractivity contribution in [3.8, 4) is 5.75 Å². The van der Waals surface area contributed by atoms with E-state index in [1.165, 1.54) is 0 Å². The van der Waals surface area contributed by atoms with E-state index in [2.05, 4.69) is 37.3 Å². The van der Waals surface area contributed by atoms with Gasteiger partial charge in [0.25, 0.3) is 0 Å². The van der Waals surface area contributed by atoms with Crippen molar-refractivity contribution in [2.24, 2.45) is 0 Å². The highest BCUT2D eigenvalue weighted by Crippen LogP contribution is 2.34. The first-order chi connectivity index (χ1) is 10.1. The van der Waals surface area contributed by atoms with Crippen LogP contribution in [0.25, 0.3) is 10.2 Å². The lowest BCUT2D eigenvalue weighted by atomic mass is 10.3. The highest BCUT2D eigenvalue weighted by atomic mass is 79.9. The summed E-state index contributed by atoms with van der Waals surface area (Å²) < 4.78 is 6.16. The van der Waals surface area contributed by atoms with Crippen molar-refractivity contribution < 1.29 is 4.74 Å². The molecular weight excluding hydrogens is 352 g/mol. The SMILES string of the molecule is COc1ccc(Br)c(Nc2nc(N)nc3sc(C)cc23)c1. The molecule has 5 nitrogen and oxygen atoms in total. The standard InChI is InChI=1S/C14H13BrN4OS/c1-7-5-9-12(18-14(16)19-13(9)21-7)17-11-6-8(20-2)3-4-10(11)15/h3-6H,1-2H3,(H3,16,17,18,19). The fourth-order valence-electron chi connectivity index (χ4n) is 2.01. The Bertz CT molecular complexity index is 818. The van der Waals surface area contributed by atoms with Gasteiger partial charge < -0.3 is 15.8 Å². The third-order valence-electron chi connectivity index (χ3n) is 2.96. The molecular formula is C14H13BrN4OS. The van der Waals surface area contributed by atoms with Crippen LogP contribution in [0, 0.1) is 6.92 Å². The maximum atomic E-state index is 5.79. The van der Waals surface area contributed by atoms with Gasteiger partial charge in [0, 0.05) is 15.4 Å². The molecule has 0 saturated carbocycles. The largest absolute Gasteiger partial charge is 0.497 e. The van der Waals surface area contributed by atoms with Crippen molar-refractivity contribution in [3.05, 3.63) is 33.6 Å². The van der Waals surface area contributed by atoms with Crippen molar-refractivity contribution in [1.29, 1.82) is 0 Å². The minimum absolute atomic E-state index is 0.255. The van der Waals surface area contributed by atoms with Crippen molar-refractivity contribution in [1.82, 2.24) is 9.97 Å². The average Bonchev–Trinajstić information content (AvgIpc) is 2.81. The number of nitrogen functional groups attached to an aromatic ring is 1. The minimum Gasteiger partial charge on any atom is -0.497 e. The van der Waals surface area contributed by atoms with Crippen LogP contribution in [0.3, 0.4) is 0 Å². The number of anilines is 3. The molecule has 0 spiro atoms. The summed E-state index contributed by atoms with van der Waals surface area (Å²) in [5, 5.41) is 4.25. The van der Waals surface area contributed by atoms with Crippen molar-refractivity contribution in [2.75, 3.05) is 18.2 Å². The first kappa shape index (κ1) is 14.1. The lowest BCUT2D eigenvalue weighted by Gasteiger charge is -2.10. The number of ether oxygens (including phenoxy) is 1. The van der Waals surface area contributed by atoms with Gasteiger partial charge in [0.1, 0.15) is 16.4 Å². The van der Waals surface area contributed by atoms with Crippen LogP contribution in [0.1, 0.15) is 4.88 Å². The van der Waals surface area contributed by atoms with E-state index in [-0.39, 0.29) is 5.95 Å². The quantitative estimate of drug-likeness (QED) is 0.731. The summed E-state index contributed by atoms with van der Waals surface area (Å²) in [5.74, 6) is 1.71. The molecule has 2 heterocycles. The second-order valence-corrected chi connectivity index (χ2v) is 6.57. The Morgan fingerprint density at radius 2 is 2.10 bits per heavy atom. The Kier molecular flexibility index (Phi) is 3.69. The van der Waals surface area contributed by atoms with Gasteiger partial charge in [-0.2, -0.15) is 4.98 Å². The van der Waals surface area contributed by atoms with Crippen LogP contribution in [0.5, 0.6) is 5.75 Å². The van der Waals surface area contributed by atoms with E-state index in [0.29, 0.717) is 5.82 Å². The van der Waals surface area contributed by atoms with Crippen molar-refractivity contribution in [3.63, 3.8) is 0 Å². The van der Waals surface area contributed by atoms with Crippen LogP contribution in [0.15, 0.2) is 28.7 Å². The Morgan fingerprint density at radius 1 is 1.29 bits per heavy atom. The normalized spacial score (nSPS) is 10.8. The summed E-state index contributed by atoms with van der Waals surface area (Å²) in [4.78, 5) is 10.6. The zero-order valence-electron chi connectivity index (χ0n) is 11.5. The first-order valence-electron chi connectivity index (χ1n) is 6.21. The number of aryl methyl sites for hydroxylation is 1. The second-order valence-electron chi connectivity index (χ2n) is 4.48. The van der Waals surface area contributed by atoms with Gasteiger partial charge in [0.05, 0.1) is 18.2 Å². The lowest BCUT2D eigenvalue weighted by molar-refractivity contribution is 0.415. The van der Waals surface area contributed by atoms with Crippen LogP contribution in [0.2, 0.25) is 0 Å². The highest BCUT2D eigenvalue weighted by Gasteiger charge is 2.11. The fraction of sp³-hybridized carbons (Fsp3) is 0.143. The van der Waals surface area contributed by atoms with Crippen LogP contribution in [0.4, 0.5) is 17.5 Å². The van der Waals surface area contributed by atoms with E-state index in [1.54, 1.807) is 18.4 Å². The molecule has 0 aliphatic heterocycles. The number of methoxy groups -OCH3 is 1. The monoisotopic (exact) mass is 364 g/mol. The molecule has 3 N–H and O–H groups in total. The number of fused-ring (bicyclic) bond motifs is 1. The zero-order chi connectivity index (χ0) is 15.0. The van der Waals surface area contributed by atoms with E-state index in [1.807, 2.05) is 25.1 Å². The molecule has 0 aliphatic carbocycles. The number of thiophene rings is 1. The van der Waals surface area contributed by atoms with Gasteiger partial charge in [-0.3, -0.25) is 0 Å². The molecule has 0 saturated heterocycles. The topological polar surface area (TPSA) is 73.1 Å². The molecule has 108 valence electrons. The van der Waals surface area contributed by atoms with Crippen molar-refractivity contribution >= 4 is 54.9 Å². The van der Waals surface area contributed by atoms with Crippen LogP contribution in [-0.4, -0.2) is 17.1 Å². The smallest absolute Gasteiger partial charge is 0.223 e. The minimum atomic E-state index is 0.255. The number of hydrogen-bond acceptors (Lipinski definition) is 6. The Balaban J connectivity index is 2.09. The van der Waals surface area contributed by atoms with Gasteiger partial charge in [-0.15, -0.1) is 11.3 Å². The molecule has 0 atom stereocenters. The summed E-state index contributed by atoms with van der Waals surface area (Å²) in [7, 11) is 1.64. The number of halogens is 1. The number of nitrogens with one attached hydrogen (secondary N) is 1. The van der Waals surface area contributed by atoms with E-state index in [4.69, 9.17) is 10.5 Å². The third-order valence-corrected chi connectivity index (χ3v) is 4.60. The fourth-order valence-corrected chi connectivity index (χ4v) is 3.24. The first-order valence-corrected chi connectivity index (χ1v) is 7.82. The van der Waals surface area contributed by atoms with Gasteiger partial charge in [-0.05, 0) is 41.1 Å². The molecule has 0 aliphatic rings. The molecule has 0 bridgehead atoms. The van der Waals surface area contributed by atoms with Crippen molar-refractivity contribution in [2.45, 2.75) is 6.92 Å². The second kappa shape index (κ2) is 5.50. The molecule has 21 heavy (non-hydrogen) atoms. The Labute approximate surface area is 134 Å². The zero-order valence-corrected chi connectivity index (χ0v) is 13.9. The lowest BCUT2D eigenvalue weighted by Crippen LogP contribution is -2.00. The van der Waals surface area contributed by atoms with Crippen LogP contribution in [-0.2, 0) is 0 Å². The predicted molar refractivity (Wildman–Crippen MR) is 90.5 cm³/mol. The van der Waals surface area contributed by atoms with Gasteiger partial charge in [-0.1, -0.05) is 0 Å². The van der Waals surface area contributed by atoms with E-state index in [0.717, 1.165) is 31.0 Å². The number of hydrogen-bond donors (Lipinski definition) is 2. The van der Waals surface area contributed by atoms with Crippen LogP contribution < -0.4 is 15.8 Å². The van der Waals surface area contributed by atoms with Crippen LogP contribution >= 0.6 is 27.3 Å². The summed E-state index contributed by atoms with van der Waals surface area (Å²) in [6, 6.07) is 7.75. The van der Waals surface area contributed by atoms with E-state index >= 15 is 0 Å². The molecule has 0 radical (unpaired) electrons. The number of nitrogens with zero attached hydrogens (tertiary/aromatic N) is 2. The third kappa shape index (κ3) is 2.79. The molecule has 0 amide bonds. The summed E-state index contributed by atoms with van der Waals surface area (Å²) >= 11 is 5.11. The molecule has 7 heteroatoms. The summed E-state index contributed by atoms with van der Waals surface area (Å²) in [5.41, 5.74) is 6.65. The maximum absolute atomic E-state index is 5.79. The van der Waals surface area contributed by atoms with Gasteiger partial charge in [0.2, 0.25) is 5.95 Å². The summed E-state index contributed by atoms with van der Waals surface area (Å²) in [6.07, 6.45) is 0. The number of aromatic nitrogens is 2. The van der Waals surface area contributed by atoms with Gasteiger partial charge >= 0.3 is 0 Å². The average molecular weight is 365 g/mol. The molecule has 3 rings (SSSR count). The highest BCUT2D eigenvalue weighted by molar-refractivity contribution is 9.10. The Hall–Kier alpha value is -1.86. The van der Waals surface area contributed by atoms with E-state index < -0.39 is 0 Å². The van der Waals surface area contributed by atoms with Gasteiger partial charge in [-0.25, -0.2) is 4.98 Å². The molecule has 1 aromatic carbocycles. The summed E-state index contributed by atoms with van der Waals surface area (Å²) in [6.45, 7) is 2.04. The maximum Gasteiger partial charge on any atom is 0.223 e. The molecule has 2 aromatic heterocycles.